The minimum Gasteiger partial charge on any atom is -0.203 e. The first kappa shape index (κ1) is 34.3. The molecule has 0 aliphatic carbocycles. The van der Waals surface area contributed by atoms with Crippen LogP contribution in [-0.4, -0.2) is 41.7 Å². The minimum absolute atomic E-state index is 0.598. The predicted octanol–water partition coefficient (Wildman–Crippen LogP) is 9.16. The quantitative estimate of drug-likeness (QED) is 0.147. The van der Waals surface area contributed by atoms with Crippen LogP contribution in [0.4, 0.5) is 92.2 Å². The summed E-state index contributed by atoms with van der Waals surface area (Å²) < 4.78 is 281. The molecule has 0 aliphatic heterocycles. The largest absolute Gasteiger partial charge is 0.460 e. The molecule has 1 aromatic rings. The van der Waals surface area contributed by atoms with Crippen LogP contribution in [-0.2, 0) is 5.92 Å². The summed E-state index contributed by atoms with van der Waals surface area (Å²) in [5.74, 6) is -74.1. The maximum atomic E-state index is 14.1. The lowest BCUT2D eigenvalue weighted by Gasteiger charge is -2.42. The van der Waals surface area contributed by atoms with Crippen molar-refractivity contribution in [1.29, 1.82) is 0 Å². The highest BCUT2D eigenvalue weighted by Crippen LogP contribution is 2.65. The first-order chi connectivity index (χ1) is 16.3. The third kappa shape index (κ3) is 4.17. The zero-order valence-electron chi connectivity index (χ0n) is 16.9. The Hall–Kier alpha value is -1.77. The molecule has 1 unspecified atom stereocenters. The van der Waals surface area contributed by atoms with E-state index in [2.05, 4.69) is 15.9 Å². The molecular weight excluding hydrogens is 671 g/mol. The Morgan fingerprint density at radius 3 is 0.974 bits per heavy atom. The minimum atomic E-state index is -9.03. The van der Waals surface area contributed by atoms with E-state index in [4.69, 9.17) is 0 Å². The van der Waals surface area contributed by atoms with E-state index < -0.39 is 86.9 Å². The van der Waals surface area contributed by atoms with Gasteiger partial charge in [0.15, 0.2) is 23.3 Å². The third-order valence-corrected chi connectivity index (χ3v) is 5.19. The normalized spacial score (nSPS) is 16.2. The molecule has 0 spiro atoms. The van der Waals surface area contributed by atoms with E-state index >= 15 is 0 Å². The summed E-state index contributed by atoms with van der Waals surface area (Å²) >= 11 is 2.23. The number of hydrogen-bond acceptors (Lipinski definition) is 0. The Morgan fingerprint density at radius 1 is 0.447 bits per heavy atom. The lowest BCUT2D eigenvalue weighted by atomic mass is 9.86. The molecule has 38 heavy (non-hydrogen) atoms. The molecule has 22 heteroatoms. The van der Waals surface area contributed by atoms with Crippen LogP contribution in [0.3, 0.4) is 0 Å². The van der Waals surface area contributed by atoms with Crippen LogP contribution in [0.2, 0.25) is 0 Å². The molecule has 1 aromatic carbocycles. The molecule has 0 aromatic heterocycles. The number of rotatable bonds is 8. The standard InChI is InChI=1S/C16H4BrF21/c1-2(17)3-5(18)7(20)4(8(21)6(3)19)9(22,23)10(24,25)11(26,27)12(28,29)13(30,31)14(32,33)15(34,35)16(36,37)38/h2H,1H3. The van der Waals surface area contributed by atoms with E-state index in [1.54, 1.807) is 0 Å². The van der Waals surface area contributed by atoms with Crippen LogP contribution in [0, 0.1) is 23.3 Å². The van der Waals surface area contributed by atoms with Gasteiger partial charge in [0.25, 0.3) is 0 Å². The van der Waals surface area contributed by atoms with E-state index in [0.717, 1.165) is 0 Å². The number of benzene rings is 1. The third-order valence-electron chi connectivity index (χ3n) is 4.73. The maximum Gasteiger partial charge on any atom is 0.460 e. The maximum absolute atomic E-state index is 14.1. The van der Waals surface area contributed by atoms with Crippen molar-refractivity contribution in [3.8, 4) is 0 Å². The molecule has 0 saturated carbocycles. The van der Waals surface area contributed by atoms with Crippen molar-refractivity contribution < 1.29 is 92.2 Å². The van der Waals surface area contributed by atoms with Gasteiger partial charge in [-0.25, -0.2) is 17.6 Å². The van der Waals surface area contributed by atoms with E-state index in [9.17, 15) is 92.2 Å². The van der Waals surface area contributed by atoms with Gasteiger partial charge in [-0.15, -0.1) is 0 Å². The van der Waals surface area contributed by atoms with Crippen molar-refractivity contribution in [2.24, 2.45) is 0 Å². The number of halogens is 22. The van der Waals surface area contributed by atoms with Crippen molar-refractivity contribution in [2.45, 2.75) is 59.4 Å². The van der Waals surface area contributed by atoms with E-state index in [1.165, 1.54) is 0 Å². The zero-order chi connectivity index (χ0) is 31.0. The molecule has 0 nitrogen and oxygen atoms in total. The van der Waals surface area contributed by atoms with Gasteiger partial charge in [0.05, 0.1) is 0 Å². The van der Waals surface area contributed by atoms with E-state index in [1.807, 2.05) is 0 Å². The molecule has 0 saturated heterocycles. The average Bonchev–Trinajstić information content (AvgIpc) is 2.70. The van der Waals surface area contributed by atoms with Gasteiger partial charge in [-0.2, -0.15) is 74.6 Å². The summed E-state index contributed by atoms with van der Waals surface area (Å²) in [5, 5.41) is 0. The fourth-order valence-corrected chi connectivity index (χ4v) is 3.00. The Labute approximate surface area is 202 Å². The van der Waals surface area contributed by atoms with Crippen molar-refractivity contribution >= 4 is 15.9 Å². The van der Waals surface area contributed by atoms with Crippen molar-refractivity contribution in [3.05, 3.63) is 34.4 Å². The van der Waals surface area contributed by atoms with Gasteiger partial charge >= 0.3 is 47.6 Å². The highest BCUT2D eigenvalue weighted by Gasteiger charge is 2.95. The van der Waals surface area contributed by atoms with Gasteiger partial charge in [0.2, 0.25) is 0 Å². The highest BCUT2D eigenvalue weighted by atomic mass is 79.9. The molecule has 1 rings (SSSR count). The molecule has 222 valence electrons. The van der Waals surface area contributed by atoms with Crippen molar-refractivity contribution in [2.75, 3.05) is 0 Å². The second-order valence-electron chi connectivity index (χ2n) is 7.18. The summed E-state index contributed by atoms with van der Waals surface area (Å²) in [4.78, 5) is -1.92. The SMILES string of the molecule is CC(Br)c1c(F)c(F)c(C(F)(F)C(F)(F)C(F)(F)C(F)(F)C(F)(F)C(F)(F)C(F)(F)C(F)(F)F)c(F)c1F. The van der Waals surface area contributed by atoms with E-state index in [0.29, 0.717) is 6.92 Å². The molecule has 0 aliphatic rings. The van der Waals surface area contributed by atoms with Gasteiger partial charge < -0.3 is 0 Å². The lowest BCUT2D eigenvalue weighted by Crippen LogP contribution is -2.74. The van der Waals surface area contributed by atoms with Crippen LogP contribution < -0.4 is 0 Å². The van der Waals surface area contributed by atoms with Crippen LogP contribution in [0.15, 0.2) is 0 Å². The average molecular weight is 675 g/mol. The lowest BCUT2D eigenvalue weighted by molar-refractivity contribution is -0.463. The molecule has 0 bridgehead atoms. The summed E-state index contributed by atoms with van der Waals surface area (Å²) in [6.07, 6.45) is -7.96. The molecule has 0 N–H and O–H groups in total. The fourth-order valence-electron chi connectivity index (χ4n) is 2.59. The molecule has 0 amide bonds. The Kier molecular flexibility index (Phi) is 8.23. The van der Waals surface area contributed by atoms with Crippen molar-refractivity contribution in [1.82, 2.24) is 0 Å². The Morgan fingerprint density at radius 2 is 0.711 bits per heavy atom. The number of hydrogen-bond donors (Lipinski definition) is 0. The molecular formula is C16H4BrF21. The summed E-state index contributed by atoms with van der Waals surface area (Å²) in [6.45, 7) is 0.598. The monoisotopic (exact) mass is 674 g/mol. The topological polar surface area (TPSA) is 0 Å². The van der Waals surface area contributed by atoms with Gasteiger partial charge in [0.1, 0.15) is 5.56 Å². The first-order valence-electron chi connectivity index (χ1n) is 8.55. The van der Waals surface area contributed by atoms with Crippen LogP contribution in [0.5, 0.6) is 0 Å². The fraction of sp³-hybridized carbons (Fsp3) is 0.625. The molecule has 0 fully saturated rings. The smallest absolute Gasteiger partial charge is 0.203 e. The second-order valence-corrected chi connectivity index (χ2v) is 8.55. The first-order valence-corrected chi connectivity index (χ1v) is 9.47. The van der Waals surface area contributed by atoms with Crippen LogP contribution >= 0.6 is 15.9 Å². The molecule has 0 heterocycles. The Bertz CT molecular complexity index is 1040. The van der Waals surface area contributed by atoms with Crippen LogP contribution in [0.25, 0.3) is 0 Å². The Balaban J connectivity index is 3.99. The van der Waals surface area contributed by atoms with E-state index in [-0.39, 0.29) is 0 Å². The highest BCUT2D eigenvalue weighted by molar-refractivity contribution is 9.09. The molecule has 1 atom stereocenters. The van der Waals surface area contributed by atoms with Crippen LogP contribution in [0.1, 0.15) is 22.9 Å². The summed E-state index contributed by atoms with van der Waals surface area (Å²) in [5.41, 5.74) is -6.14. The second kappa shape index (κ2) is 9.13. The van der Waals surface area contributed by atoms with Gasteiger partial charge in [-0.1, -0.05) is 15.9 Å². The summed E-state index contributed by atoms with van der Waals surface area (Å²) in [7, 11) is 0. The van der Waals surface area contributed by atoms with Gasteiger partial charge in [-0.05, 0) is 6.92 Å². The number of alkyl halides is 18. The zero-order valence-corrected chi connectivity index (χ0v) is 18.5. The van der Waals surface area contributed by atoms with Crippen molar-refractivity contribution in [3.63, 3.8) is 0 Å². The summed E-state index contributed by atoms with van der Waals surface area (Å²) in [6, 6.07) is 0. The van der Waals surface area contributed by atoms with Gasteiger partial charge in [-0.3, -0.25) is 0 Å². The van der Waals surface area contributed by atoms with Gasteiger partial charge in [0, 0.05) is 10.4 Å². The predicted molar refractivity (Wildman–Crippen MR) is 83.2 cm³/mol. The molecule has 0 radical (unpaired) electrons.